The number of halogens is 1. The van der Waals surface area contributed by atoms with Gasteiger partial charge in [-0.15, -0.1) is 11.6 Å². The van der Waals surface area contributed by atoms with E-state index in [1.54, 1.807) is 11.2 Å². The van der Waals surface area contributed by atoms with Crippen LogP contribution in [0.5, 0.6) is 0 Å². The van der Waals surface area contributed by atoms with Gasteiger partial charge in [0.05, 0.1) is 22.7 Å². The van der Waals surface area contributed by atoms with Crippen molar-refractivity contribution < 1.29 is 4.79 Å². The van der Waals surface area contributed by atoms with Crippen LogP contribution in [0.3, 0.4) is 0 Å². The molecular formula is C11H10ClN3O. The second-order valence-corrected chi connectivity index (χ2v) is 4.53. The van der Waals surface area contributed by atoms with Gasteiger partial charge in [0.25, 0.3) is 0 Å². The second-order valence-electron chi connectivity index (χ2n) is 3.91. The first-order valence-corrected chi connectivity index (χ1v) is 5.55. The second kappa shape index (κ2) is 3.49. The van der Waals surface area contributed by atoms with Crippen molar-refractivity contribution in [3.05, 3.63) is 24.5 Å². The number of nitrogens with one attached hydrogen (secondary N) is 1. The summed E-state index contributed by atoms with van der Waals surface area (Å²) in [5.41, 5.74) is 2.71. The predicted molar refractivity (Wildman–Crippen MR) is 62.7 cm³/mol. The first kappa shape index (κ1) is 9.66. The molecule has 0 aliphatic carbocycles. The smallest absolute Gasteiger partial charge is 0.228 e. The summed E-state index contributed by atoms with van der Waals surface area (Å²) >= 11 is 5.97. The molecule has 2 aromatic rings. The molecule has 82 valence electrons. The van der Waals surface area contributed by atoms with E-state index in [2.05, 4.69) is 9.97 Å². The highest BCUT2D eigenvalue weighted by molar-refractivity contribution is 6.24. The number of fused-ring (bicyclic) bond motifs is 1. The molecule has 1 atom stereocenters. The molecule has 1 aromatic heterocycles. The Hall–Kier alpha value is -1.55. The van der Waals surface area contributed by atoms with Crippen LogP contribution < -0.4 is 4.90 Å². The average molecular weight is 236 g/mol. The molecule has 1 amide bonds. The lowest BCUT2D eigenvalue weighted by atomic mass is 10.2. The fourth-order valence-corrected chi connectivity index (χ4v) is 2.28. The van der Waals surface area contributed by atoms with Crippen molar-refractivity contribution in [2.75, 3.05) is 11.4 Å². The Kier molecular flexibility index (Phi) is 2.11. The average Bonchev–Trinajstić information content (AvgIpc) is 2.83. The Balaban J connectivity index is 2.02. The highest BCUT2D eigenvalue weighted by Gasteiger charge is 2.29. The van der Waals surface area contributed by atoms with Gasteiger partial charge in [-0.3, -0.25) is 4.79 Å². The number of hydrogen-bond donors (Lipinski definition) is 1. The molecule has 0 bridgehead atoms. The van der Waals surface area contributed by atoms with E-state index in [0.29, 0.717) is 13.0 Å². The van der Waals surface area contributed by atoms with Crippen LogP contribution in [0.15, 0.2) is 24.5 Å². The zero-order chi connectivity index (χ0) is 11.1. The third-order valence-electron chi connectivity index (χ3n) is 2.79. The van der Waals surface area contributed by atoms with Crippen LogP contribution >= 0.6 is 11.6 Å². The molecule has 16 heavy (non-hydrogen) atoms. The molecular weight excluding hydrogens is 226 g/mol. The third kappa shape index (κ3) is 1.46. The van der Waals surface area contributed by atoms with Crippen molar-refractivity contribution in [3.8, 4) is 0 Å². The van der Waals surface area contributed by atoms with Crippen molar-refractivity contribution in [2.45, 2.75) is 11.8 Å². The number of H-pyrrole nitrogens is 1. The summed E-state index contributed by atoms with van der Waals surface area (Å²) in [6, 6.07) is 5.72. The number of hydrogen-bond acceptors (Lipinski definition) is 2. The van der Waals surface area contributed by atoms with Gasteiger partial charge in [-0.1, -0.05) is 0 Å². The van der Waals surface area contributed by atoms with Crippen LogP contribution in [-0.2, 0) is 4.79 Å². The highest BCUT2D eigenvalue weighted by Crippen LogP contribution is 2.26. The van der Waals surface area contributed by atoms with Crippen LogP contribution in [0, 0.1) is 0 Å². The van der Waals surface area contributed by atoms with E-state index >= 15 is 0 Å². The van der Waals surface area contributed by atoms with Gasteiger partial charge in [-0.05, 0) is 18.2 Å². The van der Waals surface area contributed by atoms with Gasteiger partial charge in [-0.2, -0.15) is 0 Å². The largest absolute Gasteiger partial charge is 0.345 e. The number of amides is 1. The molecule has 0 spiro atoms. The number of carbonyl (C=O) groups excluding carboxylic acids is 1. The summed E-state index contributed by atoms with van der Waals surface area (Å²) in [4.78, 5) is 20.6. The number of carbonyl (C=O) groups is 1. The lowest BCUT2D eigenvalue weighted by molar-refractivity contribution is -0.117. The Morgan fingerprint density at radius 3 is 3.12 bits per heavy atom. The van der Waals surface area contributed by atoms with Crippen LogP contribution in [0.1, 0.15) is 6.42 Å². The number of nitrogens with zero attached hydrogens (tertiary/aromatic N) is 2. The van der Waals surface area contributed by atoms with Gasteiger partial charge >= 0.3 is 0 Å². The topological polar surface area (TPSA) is 49.0 Å². The quantitative estimate of drug-likeness (QED) is 0.768. The van der Waals surface area contributed by atoms with Crippen molar-refractivity contribution >= 4 is 34.2 Å². The Morgan fingerprint density at radius 1 is 1.50 bits per heavy atom. The van der Waals surface area contributed by atoms with Crippen LogP contribution in [-0.4, -0.2) is 27.8 Å². The number of aromatic amines is 1. The van der Waals surface area contributed by atoms with E-state index in [1.165, 1.54) is 0 Å². The number of benzene rings is 1. The number of aromatic nitrogens is 2. The summed E-state index contributed by atoms with van der Waals surface area (Å²) in [6.07, 6.45) is 2.06. The summed E-state index contributed by atoms with van der Waals surface area (Å²) < 4.78 is 0. The fraction of sp³-hybridized carbons (Fsp3) is 0.273. The zero-order valence-corrected chi connectivity index (χ0v) is 9.24. The predicted octanol–water partition coefficient (Wildman–Crippen LogP) is 1.91. The van der Waals surface area contributed by atoms with Crippen LogP contribution in [0.4, 0.5) is 5.69 Å². The van der Waals surface area contributed by atoms with E-state index in [0.717, 1.165) is 16.7 Å². The van der Waals surface area contributed by atoms with Crippen molar-refractivity contribution in [2.24, 2.45) is 0 Å². The number of rotatable bonds is 1. The maximum atomic E-state index is 11.7. The Labute approximate surface area is 97.2 Å². The molecule has 1 saturated heterocycles. The molecule has 2 heterocycles. The van der Waals surface area contributed by atoms with Crippen molar-refractivity contribution in [1.29, 1.82) is 0 Å². The number of alkyl halides is 1. The monoisotopic (exact) mass is 235 g/mol. The molecule has 5 heteroatoms. The zero-order valence-electron chi connectivity index (χ0n) is 8.48. The first-order chi connectivity index (χ1) is 7.74. The van der Waals surface area contributed by atoms with Crippen LogP contribution in [0.2, 0.25) is 0 Å². The highest BCUT2D eigenvalue weighted by atomic mass is 35.5. The van der Waals surface area contributed by atoms with Gasteiger partial charge in [0.1, 0.15) is 0 Å². The molecule has 4 nitrogen and oxygen atoms in total. The van der Waals surface area contributed by atoms with Crippen molar-refractivity contribution in [3.63, 3.8) is 0 Å². The summed E-state index contributed by atoms with van der Waals surface area (Å²) in [5.74, 6) is 0.0823. The standard InChI is InChI=1S/C11H10ClN3O/c12-7-3-11(16)15(5-7)8-1-2-9-10(4-8)14-6-13-9/h1-2,4,6-7H,3,5H2,(H,13,14). The minimum atomic E-state index is -0.0787. The third-order valence-corrected chi connectivity index (χ3v) is 3.09. The lowest BCUT2D eigenvalue weighted by Crippen LogP contribution is -2.24. The maximum absolute atomic E-state index is 11.7. The van der Waals surface area contributed by atoms with Gasteiger partial charge in [0.15, 0.2) is 0 Å². The van der Waals surface area contributed by atoms with Gasteiger partial charge in [-0.25, -0.2) is 4.98 Å². The van der Waals surface area contributed by atoms with Gasteiger partial charge in [0, 0.05) is 18.7 Å². The lowest BCUT2D eigenvalue weighted by Gasteiger charge is -2.15. The molecule has 0 radical (unpaired) electrons. The minimum Gasteiger partial charge on any atom is -0.345 e. The molecule has 1 aromatic carbocycles. The molecule has 1 aliphatic heterocycles. The normalized spacial score (nSPS) is 20.9. The number of imidazole rings is 1. The van der Waals surface area contributed by atoms with E-state index < -0.39 is 0 Å². The molecule has 1 unspecified atom stereocenters. The summed E-state index contributed by atoms with van der Waals surface area (Å²) in [7, 11) is 0. The van der Waals surface area contributed by atoms with Gasteiger partial charge < -0.3 is 9.88 Å². The SMILES string of the molecule is O=C1CC(Cl)CN1c1ccc2nc[nH]c2c1. The maximum Gasteiger partial charge on any atom is 0.228 e. The van der Waals surface area contributed by atoms with E-state index in [4.69, 9.17) is 11.6 Å². The van der Waals surface area contributed by atoms with E-state index in [1.807, 2.05) is 18.2 Å². The summed E-state index contributed by atoms with van der Waals surface area (Å²) in [6.45, 7) is 0.583. The molecule has 0 saturated carbocycles. The van der Waals surface area contributed by atoms with Crippen LogP contribution in [0.25, 0.3) is 11.0 Å². The molecule has 3 rings (SSSR count). The Bertz CT molecular complexity index is 551. The molecule has 1 N–H and O–H groups in total. The fourth-order valence-electron chi connectivity index (χ4n) is 2.01. The van der Waals surface area contributed by atoms with Gasteiger partial charge in [0.2, 0.25) is 5.91 Å². The summed E-state index contributed by atoms with van der Waals surface area (Å²) in [5, 5.41) is -0.0787. The molecule has 1 fully saturated rings. The molecule has 1 aliphatic rings. The number of anilines is 1. The van der Waals surface area contributed by atoms with Crippen molar-refractivity contribution in [1.82, 2.24) is 9.97 Å². The first-order valence-electron chi connectivity index (χ1n) is 5.11. The van der Waals surface area contributed by atoms with E-state index in [-0.39, 0.29) is 11.3 Å². The minimum absolute atomic E-state index is 0.0787. The van der Waals surface area contributed by atoms with E-state index in [9.17, 15) is 4.79 Å². The Morgan fingerprint density at radius 2 is 2.38 bits per heavy atom.